The van der Waals surface area contributed by atoms with Gasteiger partial charge in [0.2, 0.25) is 0 Å². The molecule has 0 amide bonds. The third kappa shape index (κ3) is 3.38. The summed E-state index contributed by atoms with van der Waals surface area (Å²) in [5, 5.41) is 7.75. The molecule has 23 heavy (non-hydrogen) atoms. The Labute approximate surface area is 143 Å². The first kappa shape index (κ1) is 16.0. The molecule has 0 spiro atoms. The van der Waals surface area contributed by atoms with Gasteiger partial charge in [0.15, 0.2) is 10.1 Å². The van der Waals surface area contributed by atoms with E-state index in [1.165, 1.54) is 28.7 Å². The molecule has 2 aromatic heterocycles. The number of aryl methyl sites for hydroxylation is 2. The van der Waals surface area contributed by atoms with Gasteiger partial charge in [-0.1, -0.05) is 35.2 Å². The van der Waals surface area contributed by atoms with Crippen molar-refractivity contribution in [1.82, 2.24) is 14.8 Å². The highest BCUT2D eigenvalue weighted by Gasteiger charge is 2.17. The molecule has 1 aromatic carbocycles. The predicted octanol–water partition coefficient (Wildman–Crippen LogP) is 4.23. The normalized spacial score (nSPS) is 10.9. The summed E-state index contributed by atoms with van der Waals surface area (Å²) in [5.74, 6) is 0.505. The summed E-state index contributed by atoms with van der Waals surface area (Å²) < 4.78 is 2.96. The quantitative estimate of drug-likeness (QED) is 0.514. The molecule has 3 rings (SSSR count). The molecule has 2 heterocycles. The fourth-order valence-electron chi connectivity index (χ4n) is 2.64. The van der Waals surface area contributed by atoms with Gasteiger partial charge in [-0.15, -0.1) is 10.2 Å². The first-order valence-corrected chi connectivity index (χ1v) is 9.11. The third-order valence-electron chi connectivity index (χ3n) is 3.66. The zero-order chi connectivity index (χ0) is 16.4. The van der Waals surface area contributed by atoms with Crippen LogP contribution in [0, 0.1) is 20.8 Å². The number of aromatic nitrogens is 3. The van der Waals surface area contributed by atoms with Crippen molar-refractivity contribution in [3.63, 3.8) is 0 Å². The highest BCUT2D eigenvalue weighted by molar-refractivity contribution is 8.01. The van der Waals surface area contributed by atoms with Crippen LogP contribution < -0.4 is 0 Å². The molecule has 6 heteroatoms. The Kier molecular flexibility index (Phi) is 4.63. The zero-order valence-corrected chi connectivity index (χ0v) is 14.9. The smallest absolute Gasteiger partial charge is 0.174 e. The maximum absolute atomic E-state index is 12.5. The van der Waals surface area contributed by atoms with E-state index >= 15 is 0 Å². The second-order valence-corrected chi connectivity index (χ2v) is 7.43. The number of hydrogen-bond acceptors (Lipinski definition) is 5. The number of ketones is 1. The lowest BCUT2D eigenvalue weighted by Crippen LogP contribution is -2.05. The van der Waals surface area contributed by atoms with Crippen LogP contribution in [0.1, 0.15) is 27.3 Å². The molecule has 0 aliphatic heterocycles. The van der Waals surface area contributed by atoms with E-state index in [-0.39, 0.29) is 5.78 Å². The van der Waals surface area contributed by atoms with Crippen molar-refractivity contribution in [3.8, 4) is 5.69 Å². The third-order valence-corrected chi connectivity index (χ3v) is 5.52. The maximum atomic E-state index is 12.5. The van der Waals surface area contributed by atoms with Gasteiger partial charge < -0.3 is 4.57 Å². The van der Waals surface area contributed by atoms with Gasteiger partial charge in [-0.05, 0) is 44.5 Å². The van der Waals surface area contributed by atoms with E-state index in [0.717, 1.165) is 27.0 Å². The summed E-state index contributed by atoms with van der Waals surface area (Å²) in [4.78, 5) is 12.5. The number of thioether (sulfide) groups is 1. The summed E-state index contributed by atoms with van der Waals surface area (Å²) in [6, 6.07) is 10.3. The molecule has 118 valence electrons. The largest absolute Gasteiger partial charge is 0.318 e. The number of carbonyl (C=O) groups is 1. The van der Waals surface area contributed by atoms with Crippen LogP contribution in [0.5, 0.6) is 0 Å². The van der Waals surface area contributed by atoms with E-state index in [9.17, 15) is 4.79 Å². The Morgan fingerprint density at radius 2 is 2.09 bits per heavy atom. The number of rotatable bonds is 5. The van der Waals surface area contributed by atoms with Crippen molar-refractivity contribution < 1.29 is 4.79 Å². The Bertz CT molecular complexity index is 838. The van der Waals surface area contributed by atoms with Crippen molar-refractivity contribution >= 4 is 28.9 Å². The number of hydrogen-bond donors (Lipinski definition) is 0. The Morgan fingerprint density at radius 1 is 1.26 bits per heavy atom. The molecule has 0 fully saturated rings. The molecule has 0 radical (unpaired) electrons. The summed E-state index contributed by atoms with van der Waals surface area (Å²) in [6.45, 7) is 6.10. The molecule has 0 N–H and O–H groups in total. The molecule has 0 saturated carbocycles. The summed E-state index contributed by atoms with van der Waals surface area (Å²) in [6.07, 6.45) is 0. The highest BCUT2D eigenvalue weighted by Crippen LogP contribution is 2.25. The minimum Gasteiger partial charge on any atom is -0.318 e. The molecule has 0 unspecified atom stereocenters. The first-order chi connectivity index (χ1) is 11.1. The summed E-state index contributed by atoms with van der Waals surface area (Å²) in [7, 11) is 0. The van der Waals surface area contributed by atoms with E-state index in [4.69, 9.17) is 0 Å². The topological polar surface area (TPSA) is 47.8 Å². The molecule has 0 atom stereocenters. The van der Waals surface area contributed by atoms with Crippen LogP contribution in [0.15, 0.2) is 40.2 Å². The van der Waals surface area contributed by atoms with Crippen LogP contribution in [-0.4, -0.2) is 26.3 Å². The Morgan fingerprint density at radius 3 is 2.78 bits per heavy atom. The average Bonchev–Trinajstić information content (AvgIpc) is 3.13. The molecular weight excluding hydrogens is 326 g/mol. The van der Waals surface area contributed by atoms with Crippen LogP contribution in [0.3, 0.4) is 0 Å². The minimum absolute atomic E-state index is 0.122. The van der Waals surface area contributed by atoms with Crippen LogP contribution >= 0.6 is 23.1 Å². The minimum atomic E-state index is 0.122. The Hall–Kier alpha value is -1.92. The molecule has 4 nitrogen and oxygen atoms in total. The number of carbonyl (C=O) groups excluding carboxylic acids is 1. The number of Topliss-reactive ketones (excluding diaryl/α,β-unsaturated/α-hetero) is 1. The van der Waals surface area contributed by atoms with Crippen LogP contribution in [0.4, 0.5) is 0 Å². The molecule has 0 aliphatic rings. The fraction of sp³-hybridized carbons (Fsp3) is 0.235. The van der Waals surface area contributed by atoms with Crippen molar-refractivity contribution in [2.75, 3.05) is 5.75 Å². The predicted molar refractivity (Wildman–Crippen MR) is 94.9 cm³/mol. The van der Waals surface area contributed by atoms with Crippen LogP contribution in [0.25, 0.3) is 5.69 Å². The molecule has 0 bridgehead atoms. The lowest BCUT2D eigenvalue weighted by Gasteiger charge is -2.10. The van der Waals surface area contributed by atoms with Gasteiger partial charge in [0.25, 0.3) is 0 Å². The summed E-state index contributed by atoms with van der Waals surface area (Å²) in [5.41, 5.74) is 6.80. The van der Waals surface area contributed by atoms with Crippen molar-refractivity contribution in [2.45, 2.75) is 25.1 Å². The SMILES string of the molecule is Cc1cccc(-n2c(C)cc(C(=O)CSc3nncs3)c2C)c1. The van der Waals surface area contributed by atoms with Gasteiger partial charge in [0.05, 0.1) is 5.75 Å². The van der Waals surface area contributed by atoms with Gasteiger partial charge in [0, 0.05) is 22.6 Å². The number of nitrogens with zero attached hydrogens (tertiary/aromatic N) is 3. The van der Waals surface area contributed by atoms with E-state index in [1.54, 1.807) is 5.51 Å². The molecular formula is C17H17N3OS2. The van der Waals surface area contributed by atoms with Gasteiger partial charge in [-0.25, -0.2) is 0 Å². The average molecular weight is 343 g/mol. The summed E-state index contributed by atoms with van der Waals surface area (Å²) >= 11 is 2.89. The van der Waals surface area contributed by atoms with Crippen LogP contribution in [-0.2, 0) is 0 Å². The first-order valence-electron chi connectivity index (χ1n) is 7.24. The van der Waals surface area contributed by atoms with E-state index < -0.39 is 0 Å². The second kappa shape index (κ2) is 6.68. The molecule has 3 aromatic rings. The number of benzene rings is 1. The molecule has 0 saturated heterocycles. The van der Waals surface area contributed by atoms with Crippen molar-refractivity contribution in [3.05, 3.63) is 58.4 Å². The van der Waals surface area contributed by atoms with Gasteiger partial charge in [0.1, 0.15) is 5.51 Å². The van der Waals surface area contributed by atoms with E-state index in [1.807, 2.05) is 26.0 Å². The van der Waals surface area contributed by atoms with Crippen LogP contribution in [0.2, 0.25) is 0 Å². The van der Waals surface area contributed by atoms with E-state index in [2.05, 4.69) is 39.9 Å². The maximum Gasteiger partial charge on any atom is 0.174 e. The Balaban J connectivity index is 1.86. The lowest BCUT2D eigenvalue weighted by atomic mass is 10.2. The van der Waals surface area contributed by atoms with Crippen molar-refractivity contribution in [1.29, 1.82) is 0 Å². The monoisotopic (exact) mass is 343 g/mol. The second-order valence-electron chi connectivity index (χ2n) is 5.38. The van der Waals surface area contributed by atoms with Gasteiger partial charge in [-0.3, -0.25) is 4.79 Å². The zero-order valence-electron chi connectivity index (χ0n) is 13.2. The standard InChI is InChI=1S/C17H17N3OS2/c1-11-5-4-6-14(7-11)20-12(2)8-15(13(20)3)16(21)9-22-17-19-18-10-23-17/h4-8,10H,9H2,1-3H3. The highest BCUT2D eigenvalue weighted by atomic mass is 32.2. The van der Waals surface area contributed by atoms with Gasteiger partial charge >= 0.3 is 0 Å². The van der Waals surface area contributed by atoms with Gasteiger partial charge in [-0.2, -0.15) is 0 Å². The van der Waals surface area contributed by atoms with E-state index in [0.29, 0.717) is 5.75 Å². The fourth-order valence-corrected chi connectivity index (χ4v) is 4.01. The molecule has 0 aliphatic carbocycles. The van der Waals surface area contributed by atoms with Crippen molar-refractivity contribution in [2.24, 2.45) is 0 Å². The lowest BCUT2D eigenvalue weighted by molar-refractivity contribution is 0.102.